The minimum atomic E-state index is -0.958. The molecule has 29 heavy (non-hydrogen) atoms. The van der Waals surface area contributed by atoms with Crippen LogP contribution in [0, 0.1) is 19.7 Å². The van der Waals surface area contributed by atoms with E-state index in [4.69, 9.17) is 5.02 Å². The van der Waals surface area contributed by atoms with Gasteiger partial charge in [-0.25, -0.2) is 9.40 Å². The number of carbonyl (C=O) groups excluding carboxylic acids is 2. The maximum absolute atomic E-state index is 14.7. The molecule has 2 amide bonds. The number of amides is 2. The lowest BCUT2D eigenvalue weighted by molar-refractivity contribution is 0.0356. The fourth-order valence-electron chi connectivity index (χ4n) is 3.01. The molecule has 0 aliphatic carbocycles. The second-order valence-electron chi connectivity index (χ2n) is 7.91. The summed E-state index contributed by atoms with van der Waals surface area (Å²) in [6.45, 7) is 8.28. The Hall–Kier alpha value is -2.71. The molecule has 0 saturated carbocycles. The van der Waals surface area contributed by atoms with Crippen molar-refractivity contribution in [3.05, 3.63) is 64.0 Å². The highest BCUT2D eigenvalue weighted by Crippen LogP contribution is 2.19. The highest BCUT2D eigenvalue weighted by molar-refractivity contribution is 6.46. The Kier molecular flexibility index (Phi) is 6.82. The zero-order valence-electron chi connectivity index (χ0n) is 17.2. The molecule has 2 aromatic rings. The topological polar surface area (TPSA) is 89.9 Å². The summed E-state index contributed by atoms with van der Waals surface area (Å²) in [6.07, 6.45) is 0. The van der Waals surface area contributed by atoms with Gasteiger partial charge in [0.1, 0.15) is 5.82 Å². The Morgan fingerprint density at radius 2 is 1.72 bits per heavy atom. The van der Waals surface area contributed by atoms with Crippen LogP contribution in [0.5, 0.6) is 0 Å². The molecule has 8 heteroatoms. The number of nitrogens with one attached hydrogen (secondary N) is 1. The molecule has 2 aromatic carbocycles. The molecule has 0 aliphatic heterocycles. The SMILES string of the molecule is Cc1cc(C)cc(C(=O)N(NC(=O)c2ccc([B]O)c(CO)c2F)C(C)(C)C)c1. The number of halogens is 1. The van der Waals surface area contributed by atoms with E-state index in [1.54, 1.807) is 32.9 Å². The summed E-state index contributed by atoms with van der Waals surface area (Å²) in [5, 5.41) is 19.7. The molecule has 0 heterocycles. The van der Waals surface area contributed by atoms with Crippen LogP contribution in [0.1, 0.15) is 58.2 Å². The van der Waals surface area contributed by atoms with Crippen molar-refractivity contribution in [1.29, 1.82) is 0 Å². The van der Waals surface area contributed by atoms with Crippen molar-refractivity contribution in [2.24, 2.45) is 0 Å². The fraction of sp³-hybridized carbons (Fsp3) is 0.333. The van der Waals surface area contributed by atoms with Crippen LogP contribution in [0.15, 0.2) is 30.3 Å². The van der Waals surface area contributed by atoms with Gasteiger partial charge in [-0.2, -0.15) is 0 Å². The fourth-order valence-corrected chi connectivity index (χ4v) is 3.01. The third-order valence-corrected chi connectivity index (χ3v) is 4.38. The van der Waals surface area contributed by atoms with Gasteiger partial charge >= 0.3 is 7.48 Å². The van der Waals surface area contributed by atoms with Gasteiger partial charge in [0.2, 0.25) is 0 Å². The summed E-state index contributed by atoms with van der Waals surface area (Å²) >= 11 is 0. The van der Waals surface area contributed by atoms with Gasteiger partial charge in [-0.1, -0.05) is 23.3 Å². The Bertz CT molecular complexity index is 921. The van der Waals surface area contributed by atoms with E-state index >= 15 is 0 Å². The third-order valence-electron chi connectivity index (χ3n) is 4.38. The molecule has 0 bridgehead atoms. The number of rotatable bonds is 4. The molecule has 0 atom stereocenters. The van der Waals surface area contributed by atoms with Crippen LogP contribution >= 0.6 is 0 Å². The average molecular weight is 399 g/mol. The van der Waals surface area contributed by atoms with Crippen molar-refractivity contribution in [2.45, 2.75) is 46.8 Å². The van der Waals surface area contributed by atoms with Crippen molar-refractivity contribution in [2.75, 3.05) is 0 Å². The maximum atomic E-state index is 14.7. The largest absolute Gasteiger partial charge is 0.450 e. The smallest absolute Gasteiger partial charge is 0.327 e. The average Bonchev–Trinajstić information content (AvgIpc) is 2.63. The molecule has 0 fully saturated rings. The lowest BCUT2D eigenvalue weighted by Gasteiger charge is -2.35. The van der Waals surface area contributed by atoms with Crippen molar-refractivity contribution >= 4 is 24.8 Å². The lowest BCUT2D eigenvalue weighted by atomic mass is 9.83. The Labute approximate surface area is 170 Å². The van der Waals surface area contributed by atoms with Gasteiger partial charge < -0.3 is 10.1 Å². The van der Waals surface area contributed by atoms with Crippen molar-refractivity contribution in [3.63, 3.8) is 0 Å². The van der Waals surface area contributed by atoms with Crippen LogP contribution in [0.4, 0.5) is 4.39 Å². The summed E-state index contributed by atoms with van der Waals surface area (Å²) in [5.41, 5.74) is 3.43. The number of nitrogens with zero attached hydrogens (tertiary/aromatic N) is 1. The second-order valence-corrected chi connectivity index (χ2v) is 7.91. The summed E-state index contributed by atoms with van der Waals surface area (Å²) < 4.78 is 14.7. The number of hydrazine groups is 1. The maximum Gasteiger partial charge on any atom is 0.327 e. The minimum absolute atomic E-state index is 0.0699. The number of hydrogen-bond donors (Lipinski definition) is 3. The number of aliphatic hydroxyl groups excluding tert-OH is 1. The van der Waals surface area contributed by atoms with Gasteiger partial charge in [-0.15, -0.1) is 0 Å². The predicted molar refractivity (Wildman–Crippen MR) is 109 cm³/mol. The number of carbonyl (C=O) groups is 2. The van der Waals surface area contributed by atoms with Crippen LogP contribution in [0.3, 0.4) is 0 Å². The highest BCUT2D eigenvalue weighted by Gasteiger charge is 2.31. The van der Waals surface area contributed by atoms with Crippen LogP contribution in [0.25, 0.3) is 0 Å². The Balaban J connectivity index is 2.41. The van der Waals surface area contributed by atoms with Crippen molar-refractivity contribution in [3.8, 4) is 0 Å². The number of aryl methyl sites for hydroxylation is 2. The first-order valence-corrected chi connectivity index (χ1v) is 9.13. The van der Waals surface area contributed by atoms with E-state index in [9.17, 15) is 19.1 Å². The van der Waals surface area contributed by atoms with Crippen molar-refractivity contribution < 1.29 is 24.1 Å². The van der Waals surface area contributed by atoms with E-state index in [-0.39, 0.29) is 16.6 Å². The molecule has 0 unspecified atom stereocenters. The molecule has 1 radical (unpaired) electrons. The first-order valence-electron chi connectivity index (χ1n) is 9.13. The van der Waals surface area contributed by atoms with Gasteiger partial charge in [0.05, 0.1) is 17.7 Å². The molecule has 0 aliphatic rings. The lowest BCUT2D eigenvalue weighted by Crippen LogP contribution is -2.56. The first kappa shape index (κ1) is 22.6. The standard InChI is InChI=1S/C21H25BFN2O4/c1-12-8-13(2)10-14(9-12)20(28)25(21(3,4)5)24-19(27)15-6-7-17(22-29)16(11-26)18(15)23/h6-10,26,29H,11H2,1-5H3,(H,24,27). The first-order chi connectivity index (χ1) is 13.5. The van der Waals surface area contributed by atoms with E-state index in [2.05, 4.69) is 5.43 Å². The van der Waals surface area contributed by atoms with Gasteiger partial charge in [-0.3, -0.25) is 15.0 Å². The second kappa shape index (κ2) is 8.76. The highest BCUT2D eigenvalue weighted by atomic mass is 19.1. The van der Waals surface area contributed by atoms with E-state index in [0.29, 0.717) is 13.0 Å². The third kappa shape index (κ3) is 5.02. The predicted octanol–water partition coefficient (Wildman–Crippen LogP) is 1.76. The molecule has 2 rings (SSSR count). The Morgan fingerprint density at radius 3 is 2.21 bits per heavy atom. The van der Waals surface area contributed by atoms with E-state index < -0.39 is 29.8 Å². The monoisotopic (exact) mass is 399 g/mol. The van der Waals surface area contributed by atoms with Gasteiger partial charge in [0.15, 0.2) is 0 Å². The van der Waals surface area contributed by atoms with Crippen LogP contribution in [-0.4, -0.2) is 40.0 Å². The molecule has 0 aromatic heterocycles. The zero-order chi connectivity index (χ0) is 21.9. The summed E-state index contributed by atoms with van der Waals surface area (Å²) in [7, 11) is 0.654. The van der Waals surface area contributed by atoms with Gasteiger partial charge in [0, 0.05) is 11.1 Å². The quantitative estimate of drug-likeness (QED) is 0.540. The zero-order valence-corrected chi connectivity index (χ0v) is 17.2. The molecule has 0 spiro atoms. The summed E-state index contributed by atoms with van der Waals surface area (Å²) in [5.74, 6) is -2.23. The Morgan fingerprint density at radius 1 is 1.14 bits per heavy atom. The molecule has 0 saturated heterocycles. The molecule has 3 N–H and O–H groups in total. The van der Waals surface area contributed by atoms with E-state index in [0.717, 1.165) is 16.1 Å². The number of aliphatic hydroxyl groups is 1. The van der Waals surface area contributed by atoms with Crippen molar-refractivity contribution in [1.82, 2.24) is 10.4 Å². The molecular formula is C21H25BFN2O4. The number of benzene rings is 2. The van der Waals surface area contributed by atoms with Gasteiger partial charge in [-0.05, 0) is 58.3 Å². The summed E-state index contributed by atoms with van der Waals surface area (Å²) in [4.78, 5) is 25.9. The molecule has 6 nitrogen and oxygen atoms in total. The minimum Gasteiger partial charge on any atom is -0.450 e. The molecular weight excluding hydrogens is 374 g/mol. The van der Waals surface area contributed by atoms with Gasteiger partial charge in [0.25, 0.3) is 11.8 Å². The molecule has 153 valence electrons. The van der Waals surface area contributed by atoms with Crippen LogP contribution < -0.4 is 10.9 Å². The van der Waals surface area contributed by atoms with Crippen LogP contribution in [0.2, 0.25) is 0 Å². The van der Waals surface area contributed by atoms with E-state index in [1.807, 2.05) is 19.9 Å². The van der Waals surface area contributed by atoms with Crippen LogP contribution in [-0.2, 0) is 6.61 Å². The van der Waals surface area contributed by atoms with E-state index in [1.165, 1.54) is 12.1 Å². The number of hydrogen-bond acceptors (Lipinski definition) is 4. The summed E-state index contributed by atoms with van der Waals surface area (Å²) in [6, 6.07) is 7.88. The normalized spacial score (nSPS) is 11.2.